The van der Waals surface area contributed by atoms with Crippen molar-refractivity contribution in [1.29, 1.82) is 0 Å². The summed E-state index contributed by atoms with van der Waals surface area (Å²) in [5.74, 6) is -1.71. The molecule has 3 aromatic carbocycles. The van der Waals surface area contributed by atoms with E-state index in [0.717, 1.165) is 64.2 Å². The van der Waals surface area contributed by atoms with Crippen molar-refractivity contribution >= 4 is 5.97 Å². The summed E-state index contributed by atoms with van der Waals surface area (Å²) < 4.78 is 76.8. The van der Waals surface area contributed by atoms with Crippen LogP contribution in [0.5, 0.6) is 17.2 Å². The number of carbonyl (C=O) groups excluding carboxylic acids is 1. The monoisotopic (exact) mass is 576 g/mol. The summed E-state index contributed by atoms with van der Waals surface area (Å²) in [4.78, 5) is 12.5. The average Bonchev–Trinajstić information content (AvgIpc) is 2.92. The molecule has 0 aliphatic carbocycles. The zero-order valence-corrected chi connectivity index (χ0v) is 22.7. The van der Waals surface area contributed by atoms with Gasteiger partial charge in [0.25, 0.3) is 0 Å². The molecule has 0 atom stereocenters. The maximum absolute atomic E-state index is 14.0. The molecule has 0 N–H and O–H groups in total. The first kappa shape index (κ1) is 30.3. The minimum atomic E-state index is -4.98. The Kier molecular flexibility index (Phi) is 10.2. The van der Waals surface area contributed by atoms with E-state index in [9.17, 15) is 22.4 Å². The number of unbranched alkanes of at least 4 members (excludes halogenated alkanes) is 3. The first-order chi connectivity index (χ1) is 19.6. The normalized spacial score (nSPS) is 14.3. The molecule has 6 nitrogen and oxygen atoms in total. The average molecular weight is 577 g/mol. The summed E-state index contributed by atoms with van der Waals surface area (Å²) in [6.45, 7) is 5.81. The van der Waals surface area contributed by atoms with Crippen molar-refractivity contribution in [3.63, 3.8) is 0 Å². The first-order valence-corrected chi connectivity index (χ1v) is 13.4. The predicted molar refractivity (Wildman–Crippen MR) is 144 cm³/mol. The number of halogens is 4. The highest BCUT2D eigenvalue weighted by molar-refractivity contribution is 5.91. The van der Waals surface area contributed by atoms with Gasteiger partial charge in [0.15, 0.2) is 11.6 Å². The Labute approximate surface area is 236 Å². The Balaban J connectivity index is 1.16. The second-order valence-corrected chi connectivity index (χ2v) is 10.2. The molecule has 0 bridgehead atoms. The van der Waals surface area contributed by atoms with Crippen LogP contribution in [0.4, 0.5) is 17.6 Å². The Morgan fingerprint density at radius 3 is 2.10 bits per heavy atom. The summed E-state index contributed by atoms with van der Waals surface area (Å²) in [7, 11) is 0. The van der Waals surface area contributed by atoms with Crippen LogP contribution in [-0.4, -0.2) is 45.4 Å². The highest BCUT2D eigenvalue weighted by Gasteiger charge is 2.33. The zero-order valence-electron chi connectivity index (χ0n) is 22.7. The molecule has 41 heavy (non-hydrogen) atoms. The Hall–Kier alpha value is -3.63. The molecular weight excluding hydrogens is 544 g/mol. The van der Waals surface area contributed by atoms with E-state index in [0.29, 0.717) is 29.0 Å². The molecule has 0 saturated carbocycles. The zero-order chi connectivity index (χ0) is 29.3. The van der Waals surface area contributed by atoms with Gasteiger partial charge in [-0.1, -0.05) is 31.5 Å². The SMILES string of the molecule is CC1(COCCCCCCOc2ccc(C(=O)Oc3ccc(-c4ccc(OC(F)(F)F)c(F)c4)cc3)cc2)COC1. The van der Waals surface area contributed by atoms with Crippen molar-refractivity contribution in [3.05, 3.63) is 78.1 Å². The van der Waals surface area contributed by atoms with Crippen molar-refractivity contribution < 1.29 is 46.0 Å². The van der Waals surface area contributed by atoms with Gasteiger partial charge in [-0.3, -0.25) is 0 Å². The molecule has 1 aliphatic rings. The molecule has 10 heteroatoms. The number of benzene rings is 3. The number of alkyl halides is 3. The standard InChI is InChI=1S/C31H32F4O6/c1-30(20-38-21-30)19-37-16-4-2-3-5-17-39-25-11-8-23(9-12-25)29(36)40-26-13-6-22(7-14-26)24-10-15-28(27(32)18-24)41-31(33,34)35/h6-15,18H,2-5,16-17,19-21H2,1H3. The van der Waals surface area contributed by atoms with Crippen LogP contribution >= 0.6 is 0 Å². The number of carbonyl (C=O) groups is 1. The van der Waals surface area contributed by atoms with E-state index in [4.69, 9.17) is 18.9 Å². The maximum Gasteiger partial charge on any atom is 0.573 e. The topological polar surface area (TPSA) is 63.2 Å². The summed E-state index contributed by atoms with van der Waals surface area (Å²) in [6.07, 6.45) is -0.935. The fraction of sp³-hybridized carbons (Fsp3) is 0.387. The maximum atomic E-state index is 14.0. The van der Waals surface area contributed by atoms with Gasteiger partial charge in [-0.05, 0) is 78.9 Å². The summed E-state index contributed by atoms with van der Waals surface area (Å²) in [6, 6.07) is 16.0. The number of esters is 1. The van der Waals surface area contributed by atoms with E-state index in [1.807, 2.05) is 0 Å². The molecule has 0 aromatic heterocycles. The van der Waals surface area contributed by atoms with E-state index in [2.05, 4.69) is 11.7 Å². The quantitative estimate of drug-likeness (QED) is 0.0852. The Morgan fingerprint density at radius 2 is 1.49 bits per heavy atom. The Morgan fingerprint density at radius 1 is 0.854 bits per heavy atom. The van der Waals surface area contributed by atoms with E-state index >= 15 is 0 Å². The minimum Gasteiger partial charge on any atom is -0.494 e. The van der Waals surface area contributed by atoms with Gasteiger partial charge < -0.3 is 23.7 Å². The predicted octanol–water partition coefficient (Wildman–Crippen LogP) is 7.60. The largest absolute Gasteiger partial charge is 0.573 e. The molecular formula is C31H32F4O6. The van der Waals surface area contributed by atoms with Gasteiger partial charge in [-0.25, -0.2) is 9.18 Å². The number of ether oxygens (including phenoxy) is 5. The van der Waals surface area contributed by atoms with Gasteiger partial charge in [-0.15, -0.1) is 13.2 Å². The molecule has 0 spiro atoms. The lowest BCUT2D eigenvalue weighted by atomic mass is 9.90. The van der Waals surface area contributed by atoms with Crippen LogP contribution in [0.15, 0.2) is 66.7 Å². The smallest absolute Gasteiger partial charge is 0.494 e. The van der Waals surface area contributed by atoms with Gasteiger partial charge in [0, 0.05) is 12.0 Å². The lowest BCUT2D eigenvalue weighted by Gasteiger charge is -2.37. The molecule has 0 unspecified atom stereocenters. The van der Waals surface area contributed by atoms with Crippen LogP contribution in [0, 0.1) is 11.2 Å². The molecule has 220 valence electrons. The van der Waals surface area contributed by atoms with Crippen LogP contribution in [-0.2, 0) is 9.47 Å². The molecule has 1 fully saturated rings. The molecule has 3 aromatic rings. The molecule has 4 rings (SSSR count). The third-order valence-electron chi connectivity index (χ3n) is 6.45. The highest BCUT2D eigenvalue weighted by atomic mass is 19.4. The van der Waals surface area contributed by atoms with Crippen LogP contribution in [0.1, 0.15) is 43.0 Å². The fourth-order valence-electron chi connectivity index (χ4n) is 4.16. The van der Waals surface area contributed by atoms with Crippen molar-refractivity contribution in [2.24, 2.45) is 5.41 Å². The molecule has 1 aliphatic heterocycles. The van der Waals surface area contributed by atoms with Crippen molar-refractivity contribution in [3.8, 4) is 28.4 Å². The summed E-state index contributed by atoms with van der Waals surface area (Å²) in [5.41, 5.74) is 1.38. The molecule has 1 saturated heterocycles. The molecule has 0 radical (unpaired) electrons. The van der Waals surface area contributed by atoms with Gasteiger partial charge in [0.1, 0.15) is 11.5 Å². The van der Waals surface area contributed by atoms with Crippen LogP contribution < -0.4 is 14.2 Å². The second kappa shape index (κ2) is 13.8. The summed E-state index contributed by atoms with van der Waals surface area (Å²) >= 11 is 0. The first-order valence-electron chi connectivity index (χ1n) is 13.4. The van der Waals surface area contributed by atoms with E-state index in [1.165, 1.54) is 18.2 Å². The van der Waals surface area contributed by atoms with Crippen LogP contribution in [0.25, 0.3) is 11.1 Å². The lowest BCUT2D eigenvalue weighted by molar-refractivity contribution is -0.275. The molecule has 0 amide bonds. The third-order valence-corrected chi connectivity index (χ3v) is 6.45. The number of hydrogen-bond acceptors (Lipinski definition) is 6. The fourth-order valence-corrected chi connectivity index (χ4v) is 4.16. The van der Waals surface area contributed by atoms with Gasteiger partial charge in [0.2, 0.25) is 0 Å². The number of hydrogen-bond donors (Lipinski definition) is 0. The summed E-state index contributed by atoms with van der Waals surface area (Å²) in [5, 5.41) is 0. The van der Waals surface area contributed by atoms with Gasteiger partial charge >= 0.3 is 12.3 Å². The van der Waals surface area contributed by atoms with Crippen molar-refractivity contribution in [2.45, 2.75) is 39.0 Å². The van der Waals surface area contributed by atoms with Gasteiger partial charge in [-0.2, -0.15) is 0 Å². The third kappa shape index (κ3) is 9.47. The van der Waals surface area contributed by atoms with E-state index < -0.39 is 23.9 Å². The van der Waals surface area contributed by atoms with Crippen molar-refractivity contribution in [2.75, 3.05) is 33.0 Å². The lowest BCUT2D eigenvalue weighted by Crippen LogP contribution is -2.43. The van der Waals surface area contributed by atoms with E-state index in [-0.39, 0.29) is 11.2 Å². The highest BCUT2D eigenvalue weighted by Crippen LogP contribution is 2.30. The van der Waals surface area contributed by atoms with E-state index in [1.54, 1.807) is 36.4 Å². The Bertz CT molecular complexity index is 1270. The number of rotatable bonds is 14. The second-order valence-electron chi connectivity index (χ2n) is 10.2. The minimum absolute atomic E-state index is 0.189. The van der Waals surface area contributed by atoms with Crippen molar-refractivity contribution in [1.82, 2.24) is 0 Å². The van der Waals surface area contributed by atoms with Crippen LogP contribution in [0.2, 0.25) is 0 Å². The van der Waals surface area contributed by atoms with Gasteiger partial charge in [0.05, 0.1) is 32.0 Å². The van der Waals surface area contributed by atoms with Crippen LogP contribution in [0.3, 0.4) is 0 Å². The molecule has 1 heterocycles.